The Morgan fingerprint density at radius 1 is 1.02 bits per heavy atom. The molecule has 0 bridgehead atoms. The Bertz CT molecular complexity index is 1600. The molecule has 2 aliphatic rings. The molecule has 1 aliphatic heterocycles. The summed E-state index contributed by atoms with van der Waals surface area (Å²) in [4.78, 5) is 4.72. The minimum Gasteiger partial charge on any atom is -0.493 e. The van der Waals surface area contributed by atoms with E-state index < -0.39 is 0 Å². The van der Waals surface area contributed by atoms with Gasteiger partial charge in [-0.05, 0) is 87.4 Å². The fourth-order valence-corrected chi connectivity index (χ4v) is 6.57. The van der Waals surface area contributed by atoms with Crippen molar-refractivity contribution in [3.8, 4) is 11.5 Å². The van der Waals surface area contributed by atoms with Crippen molar-refractivity contribution < 1.29 is 9.47 Å². The van der Waals surface area contributed by atoms with E-state index in [9.17, 15) is 0 Å². The first kappa shape index (κ1) is 26.9. The van der Waals surface area contributed by atoms with Gasteiger partial charge in [-0.1, -0.05) is 71.8 Å². The molecule has 6 rings (SSSR count). The summed E-state index contributed by atoms with van der Waals surface area (Å²) in [6, 6.07) is 26.6. The van der Waals surface area contributed by atoms with Gasteiger partial charge in [-0.2, -0.15) is 0 Å². The van der Waals surface area contributed by atoms with Gasteiger partial charge in [-0.15, -0.1) is 0 Å². The standard InChI is InChI=1S/C33H27BrCl2N2O2/c1-39-31-16-20(15-28(34)33(31)40-19-22-9-12-23(35)17-29(22)36)18-37-24-13-10-21(11-14-24)32-27-7-4-6-25(27)26-5-2-3-8-30(26)38-32/h2-6,8-18,25,27,32,38H,7,19H2,1H3/t25-,27-,32+/m1/s1. The van der Waals surface area contributed by atoms with Crippen LogP contribution in [0.4, 0.5) is 11.4 Å². The van der Waals surface area contributed by atoms with E-state index in [2.05, 4.69) is 81.9 Å². The summed E-state index contributed by atoms with van der Waals surface area (Å²) in [5, 5.41) is 4.93. The second kappa shape index (κ2) is 11.7. The number of aliphatic imine (C=N–C) groups is 1. The van der Waals surface area contributed by atoms with Crippen LogP contribution in [0.25, 0.3) is 0 Å². The predicted molar refractivity (Wildman–Crippen MR) is 168 cm³/mol. The quantitative estimate of drug-likeness (QED) is 0.163. The molecule has 0 saturated carbocycles. The first-order chi connectivity index (χ1) is 19.5. The summed E-state index contributed by atoms with van der Waals surface area (Å²) < 4.78 is 12.4. The molecule has 202 valence electrons. The van der Waals surface area contributed by atoms with Crippen LogP contribution in [0, 0.1) is 5.92 Å². The molecule has 3 atom stereocenters. The molecule has 0 amide bonds. The number of allylic oxidation sites excluding steroid dienone is 2. The van der Waals surface area contributed by atoms with E-state index in [1.165, 1.54) is 16.8 Å². The highest BCUT2D eigenvalue weighted by Crippen LogP contribution is 2.49. The van der Waals surface area contributed by atoms with Crippen LogP contribution in [0.2, 0.25) is 10.0 Å². The van der Waals surface area contributed by atoms with Gasteiger partial charge in [-0.25, -0.2) is 0 Å². The zero-order valence-corrected chi connectivity index (χ0v) is 24.9. The molecule has 0 unspecified atom stereocenters. The van der Waals surface area contributed by atoms with Crippen molar-refractivity contribution in [3.05, 3.63) is 128 Å². The normalized spacial score (nSPS) is 19.2. The van der Waals surface area contributed by atoms with Crippen LogP contribution in [0.5, 0.6) is 11.5 Å². The molecule has 0 saturated heterocycles. The van der Waals surface area contributed by atoms with Crippen LogP contribution in [-0.4, -0.2) is 13.3 Å². The number of hydrogen-bond acceptors (Lipinski definition) is 4. The van der Waals surface area contributed by atoms with Gasteiger partial charge in [0, 0.05) is 33.4 Å². The lowest BCUT2D eigenvalue weighted by molar-refractivity contribution is 0.282. The predicted octanol–water partition coefficient (Wildman–Crippen LogP) is 9.92. The summed E-state index contributed by atoms with van der Waals surface area (Å²) in [7, 11) is 1.62. The minimum absolute atomic E-state index is 0.267. The molecule has 4 aromatic rings. The van der Waals surface area contributed by atoms with Crippen LogP contribution >= 0.6 is 39.1 Å². The van der Waals surface area contributed by atoms with Gasteiger partial charge in [0.1, 0.15) is 6.61 Å². The average molecular weight is 634 g/mol. The highest BCUT2D eigenvalue weighted by atomic mass is 79.9. The summed E-state index contributed by atoms with van der Waals surface area (Å²) in [6.45, 7) is 0.282. The third-order valence-electron chi connectivity index (χ3n) is 7.53. The molecule has 1 aliphatic carbocycles. The van der Waals surface area contributed by atoms with E-state index >= 15 is 0 Å². The van der Waals surface area contributed by atoms with E-state index in [-0.39, 0.29) is 12.6 Å². The molecule has 7 heteroatoms. The molecule has 0 fully saturated rings. The number of nitrogens with one attached hydrogen (secondary N) is 1. The molecular weight excluding hydrogens is 607 g/mol. The van der Waals surface area contributed by atoms with Crippen molar-refractivity contribution in [3.63, 3.8) is 0 Å². The molecule has 0 spiro atoms. The van der Waals surface area contributed by atoms with Gasteiger partial charge in [-0.3, -0.25) is 4.99 Å². The molecule has 1 heterocycles. The maximum atomic E-state index is 6.30. The lowest BCUT2D eigenvalue weighted by atomic mass is 9.77. The Labute approximate surface area is 252 Å². The summed E-state index contributed by atoms with van der Waals surface area (Å²) in [5.41, 5.74) is 6.50. The van der Waals surface area contributed by atoms with E-state index in [0.717, 1.165) is 27.7 Å². The maximum Gasteiger partial charge on any atom is 0.175 e. The van der Waals surface area contributed by atoms with Gasteiger partial charge in [0.25, 0.3) is 0 Å². The summed E-state index contributed by atoms with van der Waals surface area (Å²) in [6.07, 6.45) is 7.60. The zero-order valence-electron chi connectivity index (χ0n) is 21.8. The highest BCUT2D eigenvalue weighted by Gasteiger charge is 2.37. The number of anilines is 1. The Morgan fingerprint density at radius 3 is 2.65 bits per heavy atom. The molecule has 4 nitrogen and oxygen atoms in total. The van der Waals surface area contributed by atoms with Crippen molar-refractivity contribution >= 4 is 56.7 Å². The topological polar surface area (TPSA) is 42.8 Å². The van der Waals surface area contributed by atoms with Gasteiger partial charge >= 0.3 is 0 Å². The number of hydrogen-bond donors (Lipinski definition) is 1. The number of rotatable bonds is 7. The second-order valence-electron chi connectivity index (χ2n) is 9.97. The molecule has 1 N–H and O–H groups in total. The molecule has 0 radical (unpaired) electrons. The van der Waals surface area contributed by atoms with Gasteiger partial charge in [0.05, 0.1) is 23.3 Å². The third kappa shape index (κ3) is 5.51. The Balaban J connectivity index is 1.17. The van der Waals surface area contributed by atoms with Crippen LogP contribution < -0.4 is 14.8 Å². The summed E-state index contributed by atoms with van der Waals surface area (Å²) >= 11 is 15.9. The van der Waals surface area contributed by atoms with Gasteiger partial charge < -0.3 is 14.8 Å². The van der Waals surface area contributed by atoms with E-state index in [4.69, 9.17) is 37.7 Å². The van der Waals surface area contributed by atoms with Crippen molar-refractivity contribution in [2.75, 3.05) is 12.4 Å². The Morgan fingerprint density at radius 2 is 1.85 bits per heavy atom. The van der Waals surface area contributed by atoms with Crippen molar-refractivity contribution in [2.45, 2.75) is 25.0 Å². The number of para-hydroxylation sites is 1. The molecular formula is C33H27BrCl2N2O2. The third-order valence-corrected chi connectivity index (χ3v) is 8.70. The van der Waals surface area contributed by atoms with Crippen LogP contribution in [0.1, 0.15) is 40.6 Å². The lowest BCUT2D eigenvalue weighted by Crippen LogP contribution is -2.28. The number of nitrogens with zero attached hydrogens (tertiary/aromatic N) is 1. The smallest absolute Gasteiger partial charge is 0.175 e. The first-order valence-electron chi connectivity index (χ1n) is 13.1. The van der Waals surface area contributed by atoms with Crippen molar-refractivity contribution in [2.24, 2.45) is 10.9 Å². The Hall–Kier alpha value is -3.25. The van der Waals surface area contributed by atoms with E-state index in [0.29, 0.717) is 33.4 Å². The van der Waals surface area contributed by atoms with Crippen molar-refractivity contribution in [1.29, 1.82) is 0 Å². The highest BCUT2D eigenvalue weighted by molar-refractivity contribution is 9.10. The first-order valence-corrected chi connectivity index (χ1v) is 14.7. The second-order valence-corrected chi connectivity index (χ2v) is 11.7. The van der Waals surface area contributed by atoms with Gasteiger partial charge in [0.15, 0.2) is 11.5 Å². The summed E-state index contributed by atoms with van der Waals surface area (Å²) in [5.74, 6) is 2.17. The fourth-order valence-electron chi connectivity index (χ4n) is 5.53. The van der Waals surface area contributed by atoms with E-state index in [1.807, 2.05) is 24.4 Å². The fraction of sp³-hybridized carbons (Fsp3) is 0.182. The maximum absolute atomic E-state index is 6.30. The number of methoxy groups -OCH3 is 1. The van der Waals surface area contributed by atoms with E-state index in [1.54, 1.807) is 19.2 Å². The van der Waals surface area contributed by atoms with Crippen LogP contribution in [0.3, 0.4) is 0 Å². The number of benzene rings is 4. The number of fused-ring (bicyclic) bond motifs is 3. The van der Waals surface area contributed by atoms with Crippen LogP contribution in [0.15, 0.2) is 100 Å². The van der Waals surface area contributed by atoms with Gasteiger partial charge in [0.2, 0.25) is 0 Å². The molecule has 0 aromatic heterocycles. The minimum atomic E-state index is 0.267. The average Bonchev–Trinajstić information content (AvgIpc) is 3.46. The SMILES string of the molecule is COc1cc(C=Nc2ccc([C@@H]3Nc4ccccc4[C@H]4C=CC[C@H]43)cc2)cc(Br)c1OCc1ccc(Cl)cc1Cl. The number of ether oxygens (including phenoxy) is 2. The molecule has 4 aromatic carbocycles. The molecule has 40 heavy (non-hydrogen) atoms. The largest absolute Gasteiger partial charge is 0.493 e. The monoisotopic (exact) mass is 632 g/mol. The van der Waals surface area contributed by atoms with Crippen molar-refractivity contribution in [1.82, 2.24) is 0 Å². The Kier molecular flexibility index (Phi) is 7.88. The van der Waals surface area contributed by atoms with Crippen LogP contribution in [-0.2, 0) is 6.61 Å². The number of halogens is 3. The lowest BCUT2D eigenvalue weighted by Gasteiger charge is -2.37. The zero-order chi connectivity index (χ0) is 27.6.